The molecule has 0 N–H and O–H groups in total. The fourth-order valence-electron chi connectivity index (χ4n) is 9.72. The molecule has 7 aromatic carbocycles. The zero-order chi connectivity index (χ0) is 30.8. The lowest BCUT2D eigenvalue weighted by atomic mass is 9.32. The molecule has 2 aromatic heterocycles. The summed E-state index contributed by atoms with van der Waals surface area (Å²) in [6, 6.07) is 50.5. The van der Waals surface area contributed by atoms with Crippen molar-refractivity contribution >= 4 is 113 Å². The van der Waals surface area contributed by atoms with Gasteiger partial charge in [-0.25, -0.2) is 0 Å². The van der Waals surface area contributed by atoms with Crippen LogP contribution in [0.25, 0.3) is 55.0 Å². The molecule has 0 amide bonds. The van der Waals surface area contributed by atoms with E-state index < -0.39 is 0 Å². The van der Waals surface area contributed by atoms with Gasteiger partial charge >= 0.3 is 0 Å². The molecule has 4 aliphatic heterocycles. The van der Waals surface area contributed by atoms with Gasteiger partial charge in [-0.2, -0.15) is 0 Å². The van der Waals surface area contributed by atoms with E-state index in [1.54, 1.807) is 0 Å². The minimum absolute atomic E-state index is 0.153. The van der Waals surface area contributed by atoms with E-state index in [-0.39, 0.29) is 13.4 Å². The molecule has 0 fully saturated rings. The Kier molecular flexibility index (Phi) is 4.44. The summed E-state index contributed by atoms with van der Waals surface area (Å²) >= 11 is 3.98. The first kappa shape index (κ1) is 25.0. The zero-order valence-corrected chi connectivity index (χ0v) is 27.2. The van der Waals surface area contributed by atoms with E-state index in [1.807, 2.05) is 23.5 Å². The number of nitrogens with zero attached hydrogens (tertiary/aromatic N) is 2. The minimum Gasteiger partial charge on any atom is -0.309 e. The van der Waals surface area contributed by atoms with Crippen LogP contribution in [-0.2, 0) is 0 Å². The Balaban J connectivity index is 1.33. The normalized spacial score (nSPS) is 14.4. The van der Waals surface area contributed by atoms with Crippen molar-refractivity contribution in [3.63, 3.8) is 0 Å². The van der Waals surface area contributed by atoms with Gasteiger partial charge in [0.15, 0.2) is 0 Å². The summed E-state index contributed by atoms with van der Waals surface area (Å²) in [4.78, 5) is 5.56. The SMILES string of the molecule is c1ccc2c(c1)Sc1c3c(c4c5c1-n1c6ccccc6c6cccc(c61)B5c1ccccc1S4)-n1c4ccccc4c4cccc(c41)B23. The lowest BCUT2D eigenvalue weighted by Crippen LogP contribution is -2.63. The van der Waals surface area contributed by atoms with Crippen LogP contribution < -0.4 is 32.8 Å². The van der Waals surface area contributed by atoms with Crippen molar-refractivity contribution in [1.29, 1.82) is 0 Å². The topological polar surface area (TPSA) is 9.86 Å². The molecule has 0 unspecified atom stereocenters. The number of para-hydroxylation sites is 4. The van der Waals surface area contributed by atoms with Gasteiger partial charge in [-0.3, -0.25) is 0 Å². The predicted octanol–water partition coefficient (Wildman–Crippen LogP) is 6.47. The van der Waals surface area contributed by atoms with Crippen LogP contribution >= 0.6 is 23.5 Å². The van der Waals surface area contributed by atoms with Gasteiger partial charge in [0.2, 0.25) is 13.4 Å². The maximum Gasteiger partial charge on any atom is 0.249 e. The minimum atomic E-state index is 0.153. The molecule has 0 bridgehead atoms. The average molecular weight is 640 g/mol. The summed E-state index contributed by atoms with van der Waals surface area (Å²) in [5.41, 5.74) is 16.7. The monoisotopic (exact) mass is 640 g/mol. The fourth-order valence-corrected chi connectivity index (χ4v) is 12.3. The Hall–Kier alpha value is -5.03. The third-order valence-electron chi connectivity index (χ3n) is 11.4. The molecule has 6 heteroatoms. The summed E-state index contributed by atoms with van der Waals surface area (Å²) in [5.74, 6) is 0. The lowest BCUT2D eigenvalue weighted by Gasteiger charge is -2.41. The third-order valence-corrected chi connectivity index (χ3v) is 13.8. The fraction of sp³-hybridized carbons (Fsp3) is 0. The highest BCUT2D eigenvalue weighted by atomic mass is 32.2. The molecule has 0 saturated heterocycles. The summed E-state index contributed by atoms with van der Waals surface area (Å²) in [6.07, 6.45) is 0. The second kappa shape index (κ2) is 8.51. The summed E-state index contributed by atoms with van der Waals surface area (Å²) in [7, 11) is 0. The van der Waals surface area contributed by atoms with Gasteiger partial charge in [0.25, 0.3) is 0 Å². The number of benzene rings is 7. The van der Waals surface area contributed by atoms with Crippen molar-refractivity contribution < 1.29 is 0 Å². The zero-order valence-electron chi connectivity index (χ0n) is 25.6. The third kappa shape index (κ3) is 2.73. The van der Waals surface area contributed by atoms with Crippen LogP contribution in [0.15, 0.2) is 153 Å². The summed E-state index contributed by atoms with van der Waals surface area (Å²) in [6.45, 7) is 0.306. The van der Waals surface area contributed by atoms with Crippen LogP contribution in [0, 0.1) is 0 Å². The second-order valence-electron chi connectivity index (χ2n) is 13.5. The largest absolute Gasteiger partial charge is 0.309 e. The van der Waals surface area contributed by atoms with E-state index in [4.69, 9.17) is 0 Å². The van der Waals surface area contributed by atoms with Gasteiger partial charge in [0.1, 0.15) is 0 Å². The molecule has 0 spiro atoms. The van der Waals surface area contributed by atoms with Crippen molar-refractivity contribution in [3.05, 3.63) is 133 Å². The summed E-state index contributed by atoms with van der Waals surface area (Å²) in [5, 5.41) is 5.34. The molecule has 2 nitrogen and oxygen atoms in total. The molecule has 0 radical (unpaired) electrons. The van der Waals surface area contributed by atoms with Crippen molar-refractivity contribution in [2.45, 2.75) is 19.6 Å². The van der Waals surface area contributed by atoms with E-state index in [9.17, 15) is 0 Å². The van der Waals surface area contributed by atoms with E-state index >= 15 is 0 Å². The lowest BCUT2D eigenvalue weighted by molar-refractivity contribution is 1.08. The molecular formula is C42H22B2N2S2. The number of hydrogen-bond acceptors (Lipinski definition) is 2. The van der Waals surface area contributed by atoms with Crippen LogP contribution in [-0.4, -0.2) is 22.6 Å². The molecule has 4 aliphatic rings. The second-order valence-corrected chi connectivity index (χ2v) is 15.6. The van der Waals surface area contributed by atoms with Crippen molar-refractivity contribution in [3.8, 4) is 11.4 Å². The van der Waals surface area contributed by atoms with Crippen molar-refractivity contribution in [1.82, 2.24) is 9.13 Å². The Labute approximate surface area is 285 Å². The highest BCUT2D eigenvalue weighted by molar-refractivity contribution is 8.01. The van der Waals surface area contributed by atoms with Gasteiger partial charge < -0.3 is 9.13 Å². The van der Waals surface area contributed by atoms with Crippen molar-refractivity contribution in [2.24, 2.45) is 0 Å². The van der Waals surface area contributed by atoms with Gasteiger partial charge in [-0.15, -0.1) is 0 Å². The molecule has 0 aliphatic carbocycles. The maximum absolute atomic E-state index is 2.65. The van der Waals surface area contributed by atoms with Crippen LogP contribution in [0.4, 0.5) is 0 Å². The molecule has 218 valence electrons. The van der Waals surface area contributed by atoms with Crippen LogP contribution in [0.1, 0.15) is 0 Å². The quantitative estimate of drug-likeness (QED) is 0.176. The summed E-state index contributed by atoms with van der Waals surface area (Å²) < 4.78 is 5.31. The molecule has 48 heavy (non-hydrogen) atoms. The predicted molar refractivity (Wildman–Crippen MR) is 206 cm³/mol. The van der Waals surface area contributed by atoms with Gasteiger partial charge in [-0.1, -0.05) is 144 Å². The van der Waals surface area contributed by atoms with E-state index in [2.05, 4.69) is 143 Å². The molecule has 6 heterocycles. The number of fused-ring (bicyclic) bond motifs is 16. The van der Waals surface area contributed by atoms with Crippen LogP contribution in [0.3, 0.4) is 0 Å². The molecular weight excluding hydrogens is 618 g/mol. The number of rotatable bonds is 0. The van der Waals surface area contributed by atoms with Gasteiger partial charge in [-0.05, 0) is 46.1 Å². The Morgan fingerprint density at radius 3 is 1.27 bits per heavy atom. The van der Waals surface area contributed by atoms with Crippen LogP contribution in [0.2, 0.25) is 0 Å². The highest BCUT2D eigenvalue weighted by Gasteiger charge is 2.48. The Morgan fingerprint density at radius 2 is 0.771 bits per heavy atom. The molecule has 0 saturated carbocycles. The first-order chi connectivity index (χ1) is 23.9. The number of aromatic nitrogens is 2. The van der Waals surface area contributed by atoms with E-state index in [0.29, 0.717) is 0 Å². The molecule has 0 atom stereocenters. The standard InChI is InChI=1S/C42H22B2N2S2/c1-5-19-31-23(11-1)25-13-9-17-29-37(25)45(31)39-35-42(48-33-21-7-3-15-27(33)43(29)35)40-36-41(39)47-34-22-8-4-16-28(34)44(36)30-18-10-14-26-24-12-2-6-20-32(24)46(40)38(26)30/h1-22H. The van der Waals surface area contributed by atoms with Crippen LogP contribution in [0.5, 0.6) is 0 Å². The molecule has 13 rings (SSSR count). The first-order valence-electron chi connectivity index (χ1n) is 16.7. The Morgan fingerprint density at radius 1 is 0.375 bits per heavy atom. The number of hydrogen-bond donors (Lipinski definition) is 0. The highest BCUT2D eigenvalue weighted by Crippen LogP contribution is 2.48. The average Bonchev–Trinajstić information content (AvgIpc) is 3.66. The molecule has 9 aromatic rings. The maximum atomic E-state index is 2.65. The smallest absolute Gasteiger partial charge is 0.249 e. The first-order valence-corrected chi connectivity index (χ1v) is 18.3. The van der Waals surface area contributed by atoms with Gasteiger partial charge in [0, 0.05) is 52.2 Å². The Bertz CT molecular complexity index is 2790. The van der Waals surface area contributed by atoms with E-state index in [0.717, 1.165) is 0 Å². The van der Waals surface area contributed by atoms with Crippen molar-refractivity contribution in [2.75, 3.05) is 0 Å². The van der Waals surface area contributed by atoms with Gasteiger partial charge in [0.05, 0.1) is 22.4 Å². The van der Waals surface area contributed by atoms with E-state index in [1.165, 1.54) is 107 Å².